The maximum absolute atomic E-state index is 6.16. The van der Waals surface area contributed by atoms with Crippen LogP contribution in [0.5, 0.6) is 0 Å². The van der Waals surface area contributed by atoms with Crippen molar-refractivity contribution in [1.82, 2.24) is 9.78 Å². The molecule has 21 heavy (non-hydrogen) atoms. The molecule has 0 atom stereocenters. The third kappa shape index (κ3) is 2.72. The molecule has 108 valence electrons. The van der Waals surface area contributed by atoms with Crippen molar-refractivity contribution < 1.29 is 0 Å². The lowest BCUT2D eigenvalue weighted by molar-refractivity contribution is 0.882. The lowest BCUT2D eigenvalue weighted by Gasteiger charge is -2.04. The maximum Gasteiger partial charge on any atom is 0.126 e. The van der Waals surface area contributed by atoms with Crippen molar-refractivity contribution in [2.75, 3.05) is 5.73 Å². The Kier molecular flexibility index (Phi) is 3.55. The van der Waals surface area contributed by atoms with E-state index in [1.807, 2.05) is 10.9 Å². The Morgan fingerprint density at radius 3 is 2.48 bits per heavy atom. The Labute approximate surface area is 129 Å². The molecule has 3 rings (SSSR count). The minimum absolute atomic E-state index is 0.721. The molecule has 3 nitrogen and oxygen atoms in total. The Morgan fingerprint density at radius 2 is 1.86 bits per heavy atom. The highest BCUT2D eigenvalue weighted by molar-refractivity contribution is 7.15. The number of hydrogen-bond donors (Lipinski definition) is 1. The number of nitrogens with two attached hydrogens (primary N) is 1. The number of nitrogen functional groups attached to an aromatic ring is 1. The lowest BCUT2D eigenvalue weighted by Crippen LogP contribution is -1.96. The fraction of sp³-hybridized carbons (Fsp3) is 0.235. The van der Waals surface area contributed by atoms with E-state index in [-0.39, 0.29) is 0 Å². The summed E-state index contributed by atoms with van der Waals surface area (Å²) >= 11 is 1.76. The molecule has 2 aromatic heterocycles. The molecular formula is C17H19N3S. The van der Waals surface area contributed by atoms with Crippen LogP contribution in [0.15, 0.2) is 36.5 Å². The van der Waals surface area contributed by atoms with Gasteiger partial charge < -0.3 is 5.73 Å². The van der Waals surface area contributed by atoms with Gasteiger partial charge in [0.15, 0.2) is 0 Å². The third-order valence-electron chi connectivity index (χ3n) is 3.46. The van der Waals surface area contributed by atoms with Crippen molar-refractivity contribution in [3.63, 3.8) is 0 Å². The second-order valence-electron chi connectivity index (χ2n) is 5.34. The second-order valence-corrected chi connectivity index (χ2v) is 6.51. The van der Waals surface area contributed by atoms with Crippen molar-refractivity contribution in [3.05, 3.63) is 52.5 Å². The molecule has 2 N–H and O–H groups in total. The smallest absolute Gasteiger partial charge is 0.126 e. The van der Waals surface area contributed by atoms with Gasteiger partial charge in [-0.15, -0.1) is 11.3 Å². The summed E-state index contributed by atoms with van der Waals surface area (Å²) in [4.78, 5) is 2.48. The average Bonchev–Trinajstić information content (AvgIpc) is 3.03. The summed E-state index contributed by atoms with van der Waals surface area (Å²) in [6.45, 7) is 6.35. The Hall–Kier alpha value is -2.07. The number of benzene rings is 1. The van der Waals surface area contributed by atoms with Crippen LogP contribution in [0, 0.1) is 13.8 Å². The molecule has 3 aromatic rings. The van der Waals surface area contributed by atoms with Crippen LogP contribution in [0.25, 0.3) is 16.3 Å². The predicted octanol–water partition coefficient (Wildman–Crippen LogP) is 4.36. The van der Waals surface area contributed by atoms with E-state index in [1.54, 1.807) is 11.3 Å². The summed E-state index contributed by atoms with van der Waals surface area (Å²) in [6.07, 6.45) is 2.94. The number of hydrogen-bond acceptors (Lipinski definition) is 3. The highest BCUT2D eigenvalue weighted by Crippen LogP contribution is 2.32. The Balaban J connectivity index is 2.04. The van der Waals surface area contributed by atoms with Crippen molar-refractivity contribution in [2.24, 2.45) is 0 Å². The normalized spacial score (nSPS) is 11.0. The minimum atomic E-state index is 0.721. The first-order valence-electron chi connectivity index (χ1n) is 7.09. The zero-order valence-corrected chi connectivity index (χ0v) is 13.4. The average molecular weight is 297 g/mol. The van der Waals surface area contributed by atoms with Gasteiger partial charge in [0, 0.05) is 4.88 Å². The van der Waals surface area contributed by atoms with Gasteiger partial charge in [0.05, 0.1) is 22.4 Å². The molecule has 0 saturated carbocycles. The van der Waals surface area contributed by atoms with Gasteiger partial charge in [0.2, 0.25) is 0 Å². The van der Waals surface area contributed by atoms with Crippen LogP contribution >= 0.6 is 11.3 Å². The molecule has 0 unspecified atom stereocenters. The SMILES string of the molecule is CCc1ccc(-c2nn(-c3cc(C)cc(C)c3)cc2N)s1. The van der Waals surface area contributed by atoms with E-state index in [0.29, 0.717) is 0 Å². The van der Waals surface area contributed by atoms with Gasteiger partial charge in [-0.2, -0.15) is 5.10 Å². The molecule has 0 radical (unpaired) electrons. The van der Waals surface area contributed by atoms with Crippen LogP contribution in [0.1, 0.15) is 22.9 Å². The summed E-state index contributed by atoms with van der Waals surface area (Å²) in [5.41, 5.74) is 11.3. The molecule has 0 aliphatic rings. The minimum Gasteiger partial charge on any atom is -0.396 e. The fourth-order valence-corrected chi connectivity index (χ4v) is 3.44. The predicted molar refractivity (Wildman–Crippen MR) is 90.1 cm³/mol. The summed E-state index contributed by atoms with van der Waals surface area (Å²) in [6, 6.07) is 10.7. The number of rotatable bonds is 3. The Morgan fingerprint density at radius 1 is 1.14 bits per heavy atom. The molecule has 0 bridgehead atoms. The summed E-state index contributed by atoms with van der Waals surface area (Å²) in [5, 5.41) is 4.68. The van der Waals surface area contributed by atoms with Gasteiger partial charge in [0.1, 0.15) is 5.69 Å². The second kappa shape index (κ2) is 5.37. The lowest BCUT2D eigenvalue weighted by atomic mass is 10.1. The fourth-order valence-electron chi connectivity index (χ4n) is 2.49. The number of aryl methyl sites for hydroxylation is 3. The first kappa shape index (κ1) is 13.9. The zero-order valence-electron chi connectivity index (χ0n) is 12.6. The van der Waals surface area contributed by atoms with Crippen LogP contribution in [0.2, 0.25) is 0 Å². The number of aromatic nitrogens is 2. The largest absolute Gasteiger partial charge is 0.396 e. The summed E-state index contributed by atoms with van der Waals surface area (Å²) in [7, 11) is 0. The van der Waals surface area contributed by atoms with Crippen LogP contribution in [0.4, 0.5) is 5.69 Å². The molecule has 0 aliphatic carbocycles. The first-order valence-corrected chi connectivity index (χ1v) is 7.91. The number of nitrogens with zero attached hydrogens (tertiary/aromatic N) is 2. The van der Waals surface area contributed by atoms with E-state index in [4.69, 9.17) is 5.73 Å². The van der Waals surface area contributed by atoms with E-state index in [0.717, 1.165) is 28.4 Å². The topological polar surface area (TPSA) is 43.8 Å². The van der Waals surface area contributed by atoms with E-state index in [2.05, 4.69) is 56.2 Å². The van der Waals surface area contributed by atoms with Crippen molar-refractivity contribution in [2.45, 2.75) is 27.2 Å². The van der Waals surface area contributed by atoms with E-state index in [9.17, 15) is 0 Å². The van der Waals surface area contributed by atoms with Gasteiger partial charge in [-0.05, 0) is 55.7 Å². The van der Waals surface area contributed by atoms with E-state index in [1.165, 1.54) is 16.0 Å². The molecule has 0 amide bonds. The quantitative estimate of drug-likeness (QED) is 0.780. The van der Waals surface area contributed by atoms with Crippen LogP contribution in [-0.2, 0) is 6.42 Å². The molecule has 0 aliphatic heterocycles. The molecule has 2 heterocycles. The third-order valence-corrected chi connectivity index (χ3v) is 4.69. The van der Waals surface area contributed by atoms with Gasteiger partial charge in [-0.1, -0.05) is 13.0 Å². The molecule has 1 aromatic carbocycles. The van der Waals surface area contributed by atoms with E-state index < -0.39 is 0 Å². The molecular weight excluding hydrogens is 278 g/mol. The molecule has 0 spiro atoms. The summed E-state index contributed by atoms with van der Waals surface area (Å²) < 4.78 is 1.87. The van der Waals surface area contributed by atoms with Gasteiger partial charge in [-0.3, -0.25) is 0 Å². The number of thiophene rings is 1. The van der Waals surface area contributed by atoms with Crippen molar-refractivity contribution in [3.8, 4) is 16.3 Å². The van der Waals surface area contributed by atoms with E-state index >= 15 is 0 Å². The van der Waals surface area contributed by atoms with Crippen molar-refractivity contribution >= 4 is 17.0 Å². The van der Waals surface area contributed by atoms with Crippen LogP contribution in [-0.4, -0.2) is 9.78 Å². The Bertz CT molecular complexity index is 763. The number of anilines is 1. The van der Waals surface area contributed by atoms with Crippen molar-refractivity contribution in [1.29, 1.82) is 0 Å². The highest BCUT2D eigenvalue weighted by atomic mass is 32.1. The first-order chi connectivity index (χ1) is 10.1. The monoisotopic (exact) mass is 297 g/mol. The standard InChI is InChI=1S/C17H19N3S/c1-4-14-5-6-16(21-14)17-15(18)10-20(19-17)13-8-11(2)7-12(3)9-13/h5-10H,4,18H2,1-3H3. The zero-order chi connectivity index (χ0) is 15.0. The molecule has 0 fully saturated rings. The highest BCUT2D eigenvalue weighted by Gasteiger charge is 2.12. The summed E-state index contributed by atoms with van der Waals surface area (Å²) in [5.74, 6) is 0. The van der Waals surface area contributed by atoms with Crippen LogP contribution in [0.3, 0.4) is 0 Å². The van der Waals surface area contributed by atoms with Gasteiger partial charge in [-0.25, -0.2) is 4.68 Å². The van der Waals surface area contributed by atoms with Gasteiger partial charge >= 0.3 is 0 Å². The molecule has 0 saturated heterocycles. The van der Waals surface area contributed by atoms with Gasteiger partial charge in [0.25, 0.3) is 0 Å². The molecule has 4 heteroatoms. The van der Waals surface area contributed by atoms with Crippen LogP contribution < -0.4 is 5.73 Å². The maximum atomic E-state index is 6.16.